The van der Waals surface area contributed by atoms with Crippen LogP contribution in [0.4, 0.5) is 8.78 Å². The minimum atomic E-state index is -2.33. The molecule has 0 aliphatic carbocycles. The normalized spacial score (nSPS) is 23.8. The molecule has 1 fully saturated rings. The topological polar surface area (TPSA) is 21.3 Å². The van der Waals surface area contributed by atoms with E-state index in [1.54, 1.807) is 0 Å². The van der Waals surface area contributed by atoms with Crippen molar-refractivity contribution in [2.75, 3.05) is 26.3 Å². The lowest BCUT2D eigenvalue weighted by molar-refractivity contribution is 0.0121. The Labute approximate surface area is 77.6 Å². The van der Waals surface area contributed by atoms with Gasteiger partial charge in [-0.2, -0.15) is 0 Å². The molecule has 1 rings (SSSR count). The van der Waals surface area contributed by atoms with Crippen molar-refractivity contribution in [2.24, 2.45) is 5.92 Å². The number of hydrogen-bond donors (Lipinski definition) is 1. The summed E-state index contributed by atoms with van der Waals surface area (Å²) in [6.45, 7) is 2.16. The van der Waals surface area contributed by atoms with Crippen molar-refractivity contribution in [1.29, 1.82) is 0 Å². The van der Waals surface area contributed by atoms with Gasteiger partial charge in [0, 0.05) is 6.61 Å². The zero-order valence-corrected chi connectivity index (χ0v) is 7.77. The van der Waals surface area contributed by atoms with E-state index in [9.17, 15) is 8.78 Å². The number of alkyl halides is 2. The Morgan fingerprint density at radius 1 is 1.46 bits per heavy atom. The van der Waals surface area contributed by atoms with Crippen molar-refractivity contribution in [3.8, 4) is 0 Å². The van der Waals surface area contributed by atoms with Crippen LogP contribution >= 0.6 is 0 Å². The fourth-order valence-corrected chi connectivity index (χ4v) is 1.59. The molecule has 2 nitrogen and oxygen atoms in total. The number of rotatable bonds is 5. The second-order valence-electron chi connectivity index (χ2n) is 3.47. The Balaban J connectivity index is 1.92. The molecule has 0 spiro atoms. The molecule has 1 atom stereocenters. The highest BCUT2D eigenvalue weighted by Gasteiger charge is 2.12. The summed E-state index contributed by atoms with van der Waals surface area (Å²) in [5, 5.41) is 3.28. The van der Waals surface area contributed by atoms with Gasteiger partial charge in [0.15, 0.2) is 0 Å². The predicted octanol–water partition coefficient (Wildman–Crippen LogP) is 1.66. The summed E-state index contributed by atoms with van der Waals surface area (Å²) in [6, 6.07) is 0. The Morgan fingerprint density at radius 2 is 2.31 bits per heavy atom. The molecule has 1 heterocycles. The first-order valence-electron chi connectivity index (χ1n) is 4.85. The number of hydrogen-bond acceptors (Lipinski definition) is 2. The van der Waals surface area contributed by atoms with Gasteiger partial charge in [0.05, 0.1) is 0 Å². The smallest absolute Gasteiger partial charge is 0.261 e. The van der Waals surface area contributed by atoms with E-state index in [0.29, 0.717) is 12.5 Å². The SMILES string of the molecule is FC(F)COCCC1CCCNC1. The molecule has 0 amide bonds. The Hall–Kier alpha value is -0.220. The molecule has 4 heteroatoms. The van der Waals surface area contributed by atoms with Gasteiger partial charge >= 0.3 is 0 Å². The second-order valence-corrected chi connectivity index (χ2v) is 3.47. The van der Waals surface area contributed by atoms with E-state index < -0.39 is 13.0 Å². The molecule has 0 aromatic heterocycles. The standard InChI is InChI=1S/C9H17F2NO/c10-9(11)7-13-5-3-8-2-1-4-12-6-8/h8-9,12H,1-7H2. The van der Waals surface area contributed by atoms with Crippen molar-refractivity contribution in [2.45, 2.75) is 25.7 Å². The van der Waals surface area contributed by atoms with E-state index >= 15 is 0 Å². The molecule has 0 bridgehead atoms. The van der Waals surface area contributed by atoms with Crippen LogP contribution in [0.15, 0.2) is 0 Å². The van der Waals surface area contributed by atoms with E-state index in [1.807, 2.05) is 0 Å². The van der Waals surface area contributed by atoms with Crippen molar-refractivity contribution in [3.05, 3.63) is 0 Å². The Morgan fingerprint density at radius 3 is 2.92 bits per heavy atom. The highest BCUT2D eigenvalue weighted by atomic mass is 19.3. The van der Waals surface area contributed by atoms with E-state index in [0.717, 1.165) is 19.5 Å². The maximum atomic E-state index is 11.7. The first-order chi connectivity index (χ1) is 6.29. The lowest BCUT2D eigenvalue weighted by atomic mass is 9.97. The van der Waals surface area contributed by atoms with Crippen LogP contribution in [0.2, 0.25) is 0 Å². The lowest BCUT2D eigenvalue weighted by Crippen LogP contribution is -2.30. The summed E-state index contributed by atoms with van der Waals surface area (Å²) >= 11 is 0. The molecule has 0 radical (unpaired) electrons. The Kier molecular flexibility index (Phi) is 5.23. The van der Waals surface area contributed by atoms with Crippen LogP contribution in [0.1, 0.15) is 19.3 Å². The summed E-state index contributed by atoms with van der Waals surface area (Å²) in [4.78, 5) is 0. The van der Waals surface area contributed by atoms with Gasteiger partial charge in [-0.1, -0.05) is 0 Å². The molecule has 1 saturated heterocycles. The van der Waals surface area contributed by atoms with Gasteiger partial charge in [0.1, 0.15) is 6.61 Å². The van der Waals surface area contributed by atoms with Crippen LogP contribution in [-0.2, 0) is 4.74 Å². The summed E-state index contributed by atoms with van der Waals surface area (Å²) in [5.74, 6) is 0.617. The maximum Gasteiger partial charge on any atom is 0.261 e. The van der Waals surface area contributed by atoms with Crippen molar-refractivity contribution in [3.63, 3.8) is 0 Å². The first-order valence-corrected chi connectivity index (χ1v) is 4.85. The highest BCUT2D eigenvalue weighted by Crippen LogP contribution is 2.13. The van der Waals surface area contributed by atoms with Gasteiger partial charge in [-0.25, -0.2) is 8.78 Å². The quantitative estimate of drug-likeness (QED) is 0.670. The molecular formula is C9H17F2NO. The molecule has 0 saturated carbocycles. The third kappa shape index (κ3) is 5.16. The van der Waals surface area contributed by atoms with Crippen molar-refractivity contribution in [1.82, 2.24) is 5.32 Å². The van der Waals surface area contributed by atoms with Crippen LogP contribution in [0, 0.1) is 5.92 Å². The monoisotopic (exact) mass is 193 g/mol. The van der Waals surface area contributed by atoms with E-state index in [2.05, 4.69) is 5.32 Å². The van der Waals surface area contributed by atoms with Crippen LogP contribution in [-0.4, -0.2) is 32.7 Å². The van der Waals surface area contributed by atoms with Gasteiger partial charge < -0.3 is 10.1 Å². The maximum absolute atomic E-state index is 11.7. The second kappa shape index (κ2) is 6.27. The van der Waals surface area contributed by atoms with E-state index in [1.165, 1.54) is 12.8 Å². The number of ether oxygens (including phenoxy) is 1. The zero-order valence-electron chi connectivity index (χ0n) is 7.77. The van der Waals surface area contributed by atoms with Crippen molar-refractivity contribution < 1.29 is 13.5 Å². The molecule has 1 aliphatic rings. The molecule has 0 aromatic rings. The van der Waals surface area contributed by atoms with Gasteiger partial charge in [0.2, 0.25) is 0 Å². The number of nitrogens with one attached hydrogen (secondary N) is 1. The largest absolute Gasteiger partial charge is 0.376 e. The summed E-state index contributed by atoms with van der Waals surface area (Å²) < 4.78 is 28.1. The fraction of sp³-hybridized carbons (Fsp3) is 1.00. The molecule has 13 heavy (non-hydrogen) atoms. The van der Waals surface area contributed by atoms with Crippen molar-refractivity contribution >= 4 is 0 Å². The van der Waals surface area contributed by atoms with Crippen LogP contribution in [0.25, 0.3) is 0 Å². The number of halogens is 2. The minimum absolute atomic E-state index is 0.417. The third-order valence-corrected chi connectivity index (χ3v) is 2.31. The fourth-order valence-electron chi connectivity index (χ4n) is 1.59. The molecule has 1 aliphatic heterocycles. The van der Waals surface area contributed by atoms with Crippen LogP contribution < -0.4 is 5.32 Å². The van der Waals surface area contributed by atoms with E-state index in [-0.39, 0.29) is 0 Å². The highest BCUT2D eigenvalue weighted by molar-refractivity contribution is 4.68. The zero-order chi connectivity index (χ0) is 9.52. The summed E-state index contributed by atoms with van der Waals surface area (Å²) in [6.07, 6.45) is 0.967. The molecule has 78 valence electrons. The van der Waals surface area contributed by atoms with Gasteiger partial charge in [-0.15, -0.1) is 0 Å². The minimum Gasteiger partial charge on any atom is -0.376 e. The first kappa shape index (κ1) is 10.9. The Bertz CT molecular complexity index is 127. The molecule has 0 aromatic carbocycles. The molecular weight excluding hydrogens is 176 g/mol. The van der Waals surface area contributed by atoms with Crippen LogP contribution in [0.3, 0.4) is 0 Å². The average Bonchev–Trinajstić information content (AvgIpc) is 2.14. The summed E-state index contributed by atoms with van der Waals surface area (Å²) in [5.41, 5.74) is 0. The molecule has 1 unspecified atom stereocenters. The number of piperidine rings is 1. The van der Waals surface area contributed by atoms with Gasteiger partial charge in [-0.3, -0.25) is 0 Å². The molecule has 1 N–H and O–H groups in total. The van der Waals surface area contributed by atoms with Gasteiger partial charge in [0.25, 0.3) is 6.43 Å². The average molecular weight is 193 g/mol. The summed E-state index contributed by atoms with van der Waals surface area (Å²) in [7, 11) is 0. The van der Waals surface area contributed by atoms with Crippen LogP contribution in [0.5, 0.6) is 0 Å². The third-order valence-electron chi connectivity index (χ3n) is 2.31. The lowest BCUT2D eigenvalue weighted by Gasteiger charge is -2.22. The predicted molar refractivity (Wildman–Crippen MR) is 47.0 cm³/mol. The van der Waals surface area contributed by atoms with Gasteiger partial charge in [-0.05, 0) is 38.3 Å². The van der Waals surface area contributed by atoms with E-state index in [4.69, 9.17) is 4.74 Å².